The van der Waals surface area contributed by atoms with Gasteiger partial charge in [-0.1, -0.05) is 24.7 Å². The van der Waals surface area contributed by atoms with E-state index in [2.05, 4.69) is 18.0 Å². The summed E-state index contributed by atoms with van der Waals surface area (Å²) in [6.07, 6.45) is -4.94. The third-order valence-corrected chi connectivity index (χ3v) is 5.71. The van der Waals surface area contributed by atoms with Gasteiger partial charge in [0.15, 0.2) is 8.07 Å². The summed E-state index contributed by atoms with van der Waals surface area (Å²) < 4.78 is 67.8. The Bertz CT molecular complexity index is 1110. The zero-order valence-corrected chi connectivity index (χ0v) is 16.1. The van der Waals surface area contributed by atoms with Gasteiger partial charge in [-0.25, -0.2) is 18.1 Å². The average Bonchev–Trinajstić information content (AvgIpc) is 2.56. The summed E-state index contributed by atoms with van der Waals surface area (Å²) in [6.45, 7) is 7.23. The van der Waals surface area contributed by atoms with E-state index in [-0.39, 0.29) is 15.2 Å². The first-order valence-electron chi connectivity index (χ1n) is 7.85. The van der Waals surface area contributed by atoms with Crippen molar-refractivity contribution in [3.05, 3.63) is 74.2 Å². The van der Waals surface area contributed by atoms with E-state index in [9.17, 15) is 31.5 Å². The van der Waals surface area contributed by atoms with Crippen LogP contribution >= 0.6 is 0 Å². The van der Waals surface area contributed by atoms with Crippen LogP contribution in [0.3, 0.4) is 0 Å². The van der Waals surface area contributed by atoms with Crippen molar-refractivity contribution >= 4 is 8.07 Å². The molecular weight excluding hydrogens is 399 g/mol. The highest BCUT2D eigenvalue weighted by Gasteiger charge is 2.35. The first-order valence-corrected chi connectivity index (χ1v) is 10.9. The van der Waals surface area contributed by atoms with Crippen LogP contribution in [0.2, 0.25) is 13.1 Å². The third-order valence-electron chi connectivity index (χ3n) is 3.92. The monoisotopic (exact) mass is 414 g/mol. The minimum Gasteiger partial charge on any atom is -0.292 e. The fraction of sp³-hybridized carbons (Fsp3) is 0.222. The maximum Gasteiger partial charge on any atom is 0.431 e. The van der Waals surface area contributed by atoms with Crippen molar-refractivity contribution in [3.8, 4) is 17.2 Å². The molecule has 28 heavy (non-hydrogen) atoms. The summed E-state index contributed by atoms with van der Waals surface area (Å²) >= 11 is 0. The summed E-state index contributed by atoms with van der Waals surface area (Å²) in [4.78, 5) is 24.2. The molecule has 0 saturated heterocycles. The Morgan fingerprint density at radius 2 is 1.64 bits per heavy atom. The van der Waals surface area contributed by atoms with Crippen molar-refractivity contribution in [1.82, 2.24) is 9.13 Å². The lowest BCUT2D eigenvalue weighted by molar-refractivity contribution is -0.144. The molecule has 2 rings (SSSR count). The van der Waals surface area contributed by atoms with Crippen LogP contribution in [-0.4, -0.2) is 17.2 Å². The van der Waals surface area contributed by atoms with Crippen LogP contribution in [0.4, 0.5) is 22.0 Å². The second-order valence-electron chi connectivity index (χ2n) is 6.50. The first kappa shape index (κ1) is 21.4. The van der Waals surface area contributed by atoms with E-state index in [4.69, 9.17) is 0 Å². The van der Waals surface area contributed by atoms with Gasteiger partial charge >= 0.3 is 11.9 Å². The van der Waals surface area contributed by atoms with Crippen molar-refractivity contribution in [2.75, 3.05) is 0 Å². The molecule has 0 aliphatic rings. The number of halogens is 5. The van der Waals surface area contributed by atoms with Gasteiger partial charge in [-0.05, 0) is 12.1 Å². The van der Waals surface area contributed by atoms with Crippen molar-refractivity contribution in [2.24, 2.45) is 7.05 Å². The number of hydrogen-bond donors (Lipinski definition) is 0. The molecule has 0 amide bonds. The predicted octanol–water partition coefficient (Wildman–Crippen LogP) is 3.16. The van der Waals surface area contributed by atoms with Crippen LogP contribution in [-0.2, 0) is 13.2 Å². The topological polar surface area (TPSA) is 44.0 Å². The second-order valence-corrected chi connectivity index (χ2v) is 10.6. The molecule has 0 N–H and O–H groups in total. The molecule has 4 nitrogen and oxygen atoms in total. The predicted molar refractivity (Wildman–Crippen MR) is 96.8 cm³/mol. The molecule has 0 saturated carbocycles. The molecule has 1 aromatic carbocycles. The zero-order chi connectivity index (χ0) is 21.4. The molecule has 1 aromatic heterocycles. The highest BCUT2D eigenvalue weighted by atomic mass is 28.3. The van der Waals surface area contributed by atoms with Crippen LogP contribution in [0.15, 0.2) is 40.1 Å². The number of hydrogen-bond acceptors (Lipinski definition) is 2. The van der Waals surface area contributed by atoms with E-state index in [1.54, 1.807) is 5.70 Å². The van der Waals surface area contributed by atoms with Gasteiger partial charge in [0.05, 0.1) is 11.3 Å². The van der Waals surface area contributed by atoms with E-state index in [0.29, 0.717) is 12.1 Å². The summed E-state index contributed by atoms with van der Waals surface area (Å²) in [5, 5.41) is 0. The van der Waals surface area contributed by atoms with Gasteiger partial charge in [0.25, 0.3) is 5.56 Å². The molecule has 0 bridgehead atoms. The number of rotatable bonds is 2. The van der Waals surface area contributed by atoms with E-state index >= 15 is 0 Å². The summed E-state index contributed by atoms with van der Waals surface area (Å²) in [6, 6.07) is 1.53. The Morgan fingerprint density at radius 1 is 1.11 bits per heavy atom. The van der Waals surface area contributed by atoms with E-state index < -0.39 is 54.1 Å². The Morgan fingerprint density at radius 3 is 2.11 bits per heavy atom. The number of aromatic nitrogens is 2. The SMILES string of the molecule is C=C[Si](C)(C)C#Cc1c(F)cc(-n2c(=O)cc(C(F)(F)F)n(C)c2=O)cc1F. The molecule has 0 fully saturated rings. The molecule has 0 aliphatic heterocycles. The van der Waals surface area contributed by atoms with Crippen LogP contribution in [0.1, 0.15) is 11.3 Å². The smallest absolute Gasteiger partial charge is 0.292 e. The normalized spacial score (nSPS) is 11.7. The lowest BCUT2D eigenvalue weighted by Gasteiger charge is -2.14. The molecule has 1 heterocycles. The van der Waals surface area contributed by atoms with Crippen molar-refractivity contribution in [2.45, 2.75) is 19.3 Å². The largest absolute Gasteiger partial charge is 0.431 e. The van der Waals surface area contributed by atoms with Gasteiger partial charge in [-0.3, -0.25) is 9.36 Å². The molecule has 0 atom stereocenters. The fourth-order valence-corrected chi connectivity index (χ4v) is 2.77. The Hall–Kier alpha value is -2.93. The summed E-state index contributed by atoms with van der Waals surface area (Å²) in [5.74, 6) is 0.0958. The first-order chi connectivity index (χ1) is 12.8. The van der Waals surface area contributed by atoms with Gasteiger partial charge < -0.3 is 0 Å². The highest BCUT2D eigenvalue weighted by Crippen LogP contribution is 2.27. The van der Waals surface area contributed by atoms with Gasteiger partial charge in [-0.15, -0.1) is 12.1 Å². The zero-order valence-electron chi connectivity index (χ0n) is 15.1. The quantitative estimate of drug-likeness (QED) is 0.431. The van der Waals surface area contributed by atoms with E-state index in [1.807, 2.05) is 13.1 Å². The van der Waals surface area contributed by atoms with Crippen LogP contribution in [0.25, 0.3) is 5.69 Å². The Labute approximate surface area is 157 Å². The van der Waals surface area contributed by atoms with Gasteiger partial charge in [-0.2, -0.15) is 13.2 Å². The van der Waals surface area contributed by atoms with Crippen LogP contribution < -0.4 is 11.2 Å². The summed E-state index contributed by atoms with van der Waals surface area (Å²) in [7, 11) is -1.38. The van der Waals surface area contributed by atoms with E-state index in [0.717, 1.165) is 7.05 Å². The average molecular weight is 414 g/mol. The molecule has 0 aliphatic carbocycles. The van der Waals surface area contributed by atoms with Crippen molar-refractivity contribution in [1.29, 1.82) is 0 Å². The van der Waals surface area contributed by atoms with Crippen LogP contribution in [0.5, 0.6) is 0 Å². The van der Waals surface area contributed by atoms with Crippen molar-refractivity contribution < 1.29 is 22.0 Å². The maximum absolute atomic E-state index is 14.4. The minimum atomic E-state index is -4.94. The minimum absolute atomic E-state index is 0.184. The number of alkyl halides is 3. The second kappa shape index (κ2) is 7.24. The Balaban J connectivity index is 2.70. The molecule has 0 unspecified atom stereocenters. The maximum atomic E-state index is 14.4. The number of nitrogens with zero attached hydrogens (tertiary/aromatic N) is 2. The molecule has 10 heteroatoms. The molecule has 0 spiro atoms. The lowest BCUT2D eigenvalue weighted by atomic mass is 10.2. The highest BCUT2D eigenvalue weighted by molar-refractivity contribution is 6.89. The molecule has 2 aromatic rings. The standard InChI is InChI=1S/C18H15F5N2O2Si/c1-5-28(3,4)7-6-12-13(19)8-11(9-14(12)20)25-16(26)10-15(18(21,22)23)24(2)17(25)27/h5,8-10H,1H2,2-4H3. The lowest BCUT2D eigenvalue weighted by Crippen LogP contribution is -2.40. The van der Waals surface area contributed by atoms with Gasteiger partial charge in [0.2, 0.25) is 0 Å². The molecule has 148 valence electrons. The van der Waals surface area contributed by atoms with Gasteiger partial charge in [0.1, 0.15) is 17.3 Å². The van der Waals surface area contributed by atoms with Gasteiger partial charge in [0, 0.05) is 13.1 Å². The van der Waals surface area contributed by atoms with Crippen LogP contribution in [0, 0.1) is 23.1 Å². The number of benzene rings is 1. The van der Waals surface area contributed by atoms with E-state index in [1.165, 1.54) is 0 Å². The fourth-order valence-electron chi connectivity index (χ4n) is 2.22. The van der Waals surface area contributed by atoms with Crippen molar-refractivity contribution in [3.63, 3.8) is 0 Å². The third kappa shape index (κ3) is 4.14. The summed E-state index contributed by atoms with van der Waals surface area (Å²) in [5.41, 5.74) is -0.966. The Kier molecular flexibility index (Phi) is 5.52. The molecular formula is C18H15F5N2O2Si. The molecule has 0 radical (unpaired) electrons.